The molecule has 1 heterocycles. The van der Waals surface area contributed by atoms with E-state index in [4.69, 9.17) is 0 Å². The Morgan fingerprint density at radius 2 is 2.67 bits per heavy atom. The van der Waals surface area contributed by atoms with Crippen molar-refractivity contribution in [1.29, 1.82) is 0 Å². The van der Waals surface area contributed by atoms with Crippen LogP contribution in [0, 0.1) is 0 Å². The van der Waals surface area contributed by atoms with Gasteiger partial charge in [0.15, 0.2) is 0 Å². The standard InChI is InChI=1S/C3H6S2.C3H5.Sb.H/c4-3-1-2-5-3;1-3-2;;/h3-4H,1-2H2;3H,1-2H2;;/q;;+1;/p-1. The third kappa shape index (κ3) is 3.25. The maximum absolute atomic E-state index is 3.72. The van der Waals surface area contributed by atoms with E-state index in [9.17, 15) is 0 Å². The van der Waals surface area contributed by atoms with Gasteiger partial charge in [0.25, 0.3) is 0 Å². The Morgan fingerprint density at radius 1 is 1.89 bits per heavy atom. The molecule has 1 aliphatic rings. The first-order valence-corrected chi connectivity index (χ1v) is 10.5. The van der Waals surface area contributed by atoms with Crippen LogP contribution in [0.15, 0.2) is 12.7 Å². The summed E-state index contributed by atoms with van der Waals surface area (Å²) in [5.74, 6) is 1.41. The van der Waals surface area contributed by atoms with Crippen molar-refractivity contribution >= 4 is 40.8 Å². The molecule has 3 heteroatoms. The third-order valence-electron chi connectivity index (χ3n) is 1.10. The van der Waals surface area contributed by atoms with Gasteiger partial charge in [-0.05, 0) is 0 Å². The molecule has 1 atom stereocenters. The van der Waals surface area contributed by atoms with E-state index in [0.29, 0.717) is 0 Å². The van der Waals surface area contributed by atoms with Crippen LogP contribution in [0.2, 0.25) is 4.37 Å². The van der Waals surface area contributed by atoms with Crippen molar-refractivity contribution in [2.75, 3.05) is 5.75 Å². The quantitative estimate of drug-likeness (QED) is 0.435. The van der Waals surface area contributed by atoms with E-state index in [1.165, 1.54) is 16.5 Å². The van der Waals surface area contributed by atoms with E-state index in [1.807, 2.05) is 0 Å². The van der Waals surface area contributed by atoms with Crippen LogP contribution in [0.5, 0.6) is 0 Å². The van der Waals surface area contributed by atoms with Crippen molar-refractivity contribution in [3.63, 3.8) is 0 Å². The van der Waals surface area contributed by atoms with Crippen molar-refractivity contribution in [2.45, 2.75) is 15.4 Å². The first kappa shape index (κ1) is 8.36. The minimum absolute atomic E-state index is 0.0608. The molecule has 9 heavy (non-hydrogen) atoms. The van der Waals surface area contributed by atoms with Crippen LogP contribution in [0.25, 0.3) is 0 Å². The number of hydrogen-bond acceptors (Lipinski definition) is 2. The Balaban J connectivity index is 1.85. The predicted octanol–water partition coefficient (Wildman–Crippen LogP) is 2.14. The van der Waals surface area contributed by atoms with Gasteiger partial charge in [0.05, 0.1) is 0 Å². The molecule has 0 saturated carbocycles. The second-order valence-corrected chi connectivity index (χ2v) is 10.2. The molecule has 1 fully saturated rings. The molecule has 0 bridgehead atoms. The van der Waals surface area contributed by atoms with Crippen LogP contribution in [-0.2, 0) is 0 Å². The topological polar surface area (TPSA) is 0 Å². The third-order valence-corrected chi connectivity index (χ3v) is 11.3. The molecule has 0 nitrogen and oxygen atoms in total. The zero-order valence-corrected chi connectivity index (χ0v) is 9.79. The van der Waals surface area contributed by atoms with Crippen LogP contribution < -0.4 is 0 Å². The van der Waals surface area contributed by atoms with Gasteiger partial charge in [-0.2, -0.15) is 0 Å². The van der Waals surface area contributed by atoms with E-state index in [2.05, 4.69) is 33.3 Å². The van der Waals surface area contributed by atoms with Gasteiger partial charge >= 0.3 is 74.6 Å². The van der Waals surface area contributed by atoms with E-state index < -0.39 is 0 Å². The van der Waals surface area contributed by atoms with Crippen molar-refractivity contribution in [2.24, 2.45) is 0 Å². The molecule has 0 amide bonds. The summed E-state index contributed by atoms with van der Waals surface area (Å²) in [6, 6.07) is 0. The summed E-state index contributed by atoms with van der Waals surface area (Å²) in [5, 5.41) is 0. The summed E-state index contributed by atoms with van der Waals surface area (Å²) < 4.78 is 2.34. The molecular weight excluding hydrogens is 258 g/mol. The Hall–Kier alpha value is 1.26. The molecule has 0 aromatic rings. The summed E-state index contributed by atoms with van der Waals surface area (Å²) in [7, 11) is 2.25. The normalized spacial score (nSPS) is 25.1. The zero-order chi connectivity index (χ0) is 6.53. The number of rotatable bonds is 4. The second-order valence-electron chi connectivity index (χ2n) is 1.84. The molecule has 0 aromatic carbocycles. The van der Waals surface area contributed by atoms with Gasteiger partial charge in [0.1, 0.15) is 0 Å². The summed E-state index contributed by atoms with van der Waals surface area (Å²) in [5.41, 5.74) is 0. The van der Waals surface area contributed by atoms with Crippen molar-refractivity contribution in [3.05, 3.63) is 12.7 Å². The van der Waals surface area contributed by atoms with Gasteiger partial charge in [-0.3, -0.25) is 0 Å². The predicted molar refractivity (Wildman–Crippen MR) is 50.6 cm³/mol. The number of thioether (sulfide) groups is 1. The summed E-state index contributed by atoms with van der Waals surface area (Å²) in [6.07, 6.45) is 3.54. The van der Waals surface area contributed by atoms with Gasteiger partial charge in [0, 0.05) is 0 Å². The SMILES string of the molecule is C=C[CH2][SbH][S]C1CCS1. The van der Waals surface area contributed by atoms with Crippen LogP contribution in [0.3, 0.4) is 0 Å². The summed E-state index contributed by atoms with van der Waals surface area (Å²) in [4.78, 5) is 0. The monoisotopic (exact) mass is 268 g/mol. The van der Waals surface area contributed by atoms with Gasteiger partial charge < -0.3 is 0 Å². The first-order chi connectivity index (χ1) is 4.43. The first-order valence-electron chi connectivity index (χ1n) is 3.04. The zero-order valence-electron chi connectivity index (χ0n) is 5.30. The maximum atomic E-state index is 3.72. The molecule has 1 saturated heterocycles. The van der Waals surface area contributed by atoms with Crippen molar-refractivity contribution < 1.29 is 0 Å². The second kappa shape index (κ2) is 4.98. The van der Waals surface area contributed by atoms with E-state index in [1.54, 1.807) is 0 Å². The number of hydrogen-bond donors (Lipinski definition) is 0. The number of allylic oxidation sites excluding steroid dienone is 1. The van der Waals surface area contributed by atoms with Gasteiger partial charge in [-0.1, -0.05) is 0 Å². The molecule has 0 aliphatic carbocycles. The molecule has 0 aromatic heterocycles. The fourth-order valence-corrected chi connectivity index (χ4v) is 9.85. The van der Waals surface area contributed by atoms with Crippen LogP contribution in [-0.4, -0.2) is 30.5 Å². The van der Waals surface area contributed by atoms with Crippen LogP contribution in [0.4, 0.5) is 0 Å². The average Bonchev–Trinajstić information content (AvgIpc) is 1.76. The van der Waals surface area contributed by atoms with Crippen molar-refractivity contribution in [3.8, 4) is 0 Å². The molecule has 1 aliphatic heterocycles. The molecule has 1 unspecified atom stereocenters. The minimum atomic E-state index is -0.0608. The molecule has 52 valence electrons. The Kier molecular flexibility index (Phi) is 4.62. The van der Waals surface area contributed by atoms with Crippen LogP contribution >= 0.6 is 20.6 Å². The fourth-order valence-electron chi connectivity index (χ4n) is 0.507. The van der Waals surface area contributed by atoms with E-state index >= 15 is 0 Å². The van der Waals surface area contributed by atoms with Gasteiger partial charge in [-0.15, -0.1) is 0 Å². The average molecular weight is 269 g/mol. The Morgan fingerprint density at radius 3 is 3.11 bits per heavy atom. The van der Waals surface area contributed by atoms with Gasteiger partial charge in [-0.25, -0.2) is 0 Å². The molecule has 0 N–H and O–H groups in total. The summed E-state index contributed by atoms with van der Waals surface area (Å²) in [6.45, 7) is 3.72. The Bertz CT molecular complexity index is 91.1. The summed E-state index contributed by atoms with van der Waals surface area (Å²) >= 11 is 2.07. The molecular formula is C6H11S2Sb. The Labute approximate surface area is 74.2 Å². The van der Waals surface area contributed by atoms with Crippen LogP contribution in [0.1, 0.15) is 6.42 Å². The molecule has 0 spiro atoms. The van der Waals surface area contributed by atoms with E-state index in [-0.39, 0.29) is 20.2 Å². The fraction of sp³-hybridized carbons (Fsp3) is 0.667. The van der Waals surface area contributed by atoms with E-state index in [0.717, 1.165) is 4.58 Å². The molecule has 0 radical (unpaired) electrons. The molecule has 1 rings (SSSR count). The van der Waals surface area contributed by atoms with Crippen molar-refractivity contribution in [1.82, 2.24) is 0 Å². The van der Waals surface area contributed by atoms with Gasteiger partial charge in [0.2, 0.25) is 0 Å².